The zero-order valence-electron chi connectivity index (χ0n) is 33.3. The molecule has 6 aliphatic rings. The molecule has 6 aliphatic carbocycles. The molecule has 0 saturated heterocycles. The normalized spacial score (nSPS) is 24.5. The standard InChI is InChI=1S/C55H55N/c1-55(2)52-15-9-8-14-50(52)51-29-28-47(35-53(51)55)56(46-26-22-42(23-27-46)54-43-31-36-30-37(33-43)34-44(54)32-36)45-24-20-41(21-25-45)49-13-7-6-12-48(49)40-18-16-39(17-19-40)38-10-4-3-5-11-38/h6-9,12-29,35-38,43-44,54H,3-5,10-11,30-34H2,1-2H3. The number of rotatable bonds is 7. The van der Waals surface area contributed by atoms with E-state index in [2.05, 4.69) is 158 Å². The van der Waals surface area contributed by atoms with Crippen molar-refractivity contribution in [1.82, 2.24) is 0 Å². The van der Waals surface area contributed by atoms with Crippen molar-refractivity contribution in [3.05, 3.63) is 162 Å². The molecule has 6 aromatic rings. The molecule has 1 nitrogen and oxygen atoms in total. The molecule has 1 heteroatoms. The number of nitrogens with zero attached hydrogens (tertiary/aromatic N) is 1. The van der Waals surface area contributed by atoms with Crippen LogP contribution in [0.3, 0.4) is 0 Å². The van der Waals surface area contributed by atoms with Gasteiger partial charge in [-0.25, -0.2) is 0 Å². The minimum atomic E-state index is -0.0564. The van der Waals surface area contributed by atoms with Gasteiger partial charge in [-0.05, 0) is 172 Å². The third kappa shape index (κ3) is 5.79. The second-order valence-corrected chi connectivity index (χ2v) is 18.8. The van der Waals surface area contributed by atoms with Crippen molar-refractivity contribution in [3.8, 4) is 33.4 Å². The Morgan fingerprint density at radius 3 is 1.57 bits per heavy atom. The van der Waals surface area contributed by atoms with E-state index in [-0.39, 0.29) is 5.41 Å². The van der Waals surface area contributed by atoms with Gasteiger partial charge in [-0.15, -0.1) is 0 Å². The number of benzene rings is 6. The molecule has 0 radical (unpaired) electrons. The van der Waals surface area contributed by atoms with E-state index < -0.39 is 0 Å². The van der Waals surface area contributed by atoms with Crippen LogP contribution in [0.1, 0.15) is 112 Å². The van der Waals surface area contributed by atoms with Crippen molar-refractivity contribution in [2.45, 2.75) is 95.3 Å². The lowest BCUT2D eigenvalue weighted by Crippen LogP contribution is -2.43. The fourth-order valence-electron chi connectivity index (χ4n) is 12.7. The Balaban J connectivity index is 0.951. The Labute approximate surface area is 334 Å². The average molecular weight is 730 g/mol. The van der Waals surface area contributed by atoms with Gasteiger partial charge < -0.3 is 4.90 Å². The van der Waals surface area contributed by atoms with Crippen LogP contribution in [0.2, 0.25) is 0 Å². The molecule has 5 saturated carbocycles. The molecule has 4 bridgehead atoms. The van der Waals surface area contributed by atoms with E-state index in [1.165, 1.54) is 131 Å². The highest BCUT2D eigenvalue weighted by Gasteiger charge is 2.48. The topological polar surface area (TPSA) is 3.24 Å². The Kier molecular flexibility index (Phi) is 8.38. The van der Waals surface area contributed by atoms with Gasteiger partial charge in [-0.1, -0.05) is 136 Å². The number of fused-ring (bicyclic) bond motifs is 3. The Bertz CT molecular complexity index is 2350. The fraction of sp³-hybridized carbons (Fsp3) is 0.345. The van der Waals surface area contributed by atoms with Gasteiger partial charge in [0.25, 0.3) is 0 Å². The van der Waals surface area contributed by atoms with E-state index >= 15 is 0 Å². The Morgan fingerprint density at radius 1 is 0.446 bits per heavy atom. The van der Waals surface area contributed by atoms with Crippen molar-refractivity contribution in [2.75, 3.05) is 4.90 Å². The summed E-state index contributed by atoms with van der Waals surface area (Å²) in [5.41, 5.74) is 17.4. The summed E-state index contributed by atoms with van der Waals surface area (Å²) in [7, 11) is 0. The Hall–Kier alpha value is -4.88. The largest absolute Gasteiger partial charge is 0.310 e. The fourth-order valence-corrected chi connectivity index (χ4v) is 12.7. The van der Waals surface area contributed by atoms with Crippen LogP contribution in [-0.4, -0.2) is 0 Å². The van der Waals surface area contributed by atoms with Crippen LogP contribution in [0.25, 0.3) is 33.4 Å². The summed E-state index contributed by atoms with van der Waals surface area (Å²) in [5.74, 6) is 5.25. The van der Waals surface area contributed by atoms with Gasteiger partial charge in [0, 0.05) is 22.5 Å². The van der Waals surface area contributed by atoms with E-state index in [0.29, 0.717) is 0 Å². The molecular weight excluding hydrogens is 675 g/mol. The summed E-state index contributed by atoms with van der Waals surface area (Å²) in [6.07, 6.45) is 14.1. The average Bonchev–Trinajstić information content (AvgIpc) is 3.47. The van der Waals surface area contributed by atoms with Crippen LogP contribution in [0.15, 0.2) is 140 Å². The number of anilines is 3. The van der Waals surface area contributed by atoms with Gasteiger partial charge >= 0.3 is 0 Å². The maximum absolute atomic E-state index is 2.50. The van der Waals surface area contributed by atoms with Crippen LogP contribution in [0.4, 0.5) is 17.1 Å². The maximum Gasteiger partial charge on any atom is 0.0465 e. The quantitative estimate of drug-likeness (QED) is 0.158. The minimum Gasteiger partial charge on any atom is -0.310 e. The van der Waals surface area contributed by atoms with Crippen molar-refractivity contribution in [2.24, 2.45) is 23.7 Å². The molecule has 0 unspecified atom stereocenters. The van der Waals surface area contributed by atoms with Gasteiger partial charge in [-0.2, -0.15) is 0 Å². The van der Waals surface area contributed by atoms with E-state index in [1.54, 1.807) is 5.56 Å². The third-order valence-corrected chi connectivity index (χ3v) is 15.3. The van der Waals surface area contributed by atoms with Crippen LogP contribution in [-0.2, 0) is 5.41 Å². The minimum absolute atomic E-state index is 0.0564. The zero-order valence-corrected chi connectivity index (χ0v) is 33.3. The molecular formula is C55H55N. The van der Waals surface area contributed by atoms with E-state index in [1.807, 2.05) is 0 Å². The molecule has 0 aliphatic heterocycles. The van der Waals surface area contributed by atoms with E-state index in [0.717, 1.165) is 35.5 Å². The SMILES string of the molecule is CC1(C)c2ccccc2-c2ccc(N(c3ccc(-c4ccccc4-c4ccc(C5CCCCC5)cc4)cc3)c3ccc(C4C5CC6CC(C5)CC4C6)cc3)cc21. The van der Waals surface area contributed by atoms with Gasteiger partial charge in [0.2, 0.25) is 0 Å². The van der Waals surface area contributed by atoms with E-state index in [9.17, 15) is 0 Å². The lowest BCUT2D eigenvalue weighted by atomic mass is 9.51. The molecule has 280 valence electrons. The van der Waals surface area contributed by atoms with Gasteiger partial charge in [0.1, 0.15) is 0 Å². The molecule has 0 N–H and O–H groups in total. The lowest BCUT2D eigenvalue weighted by molar-refractivity contribution is -0.00277. The summed E-state index contributed by atoms with van der Waals surface area (Å²) >= 11 is 0. The molecule has 12 rings (SSSR count). The first-order valence-electron chi connectivity index (χ1n) is 21.9. The van der Waals surface area contributed by atoms with Crippen LogP contribution in [0, 0.1) is 23.7 Å². The molecule has 0 heterocycles. The highest BCUT2D eigenvalue weighted by molar-refractivity contribution is 5.87. The second-order valence-electron chi connectivity index (χ2n) is 18.8. The highest BCUT2D eigenvalue weighted by Crippen LogP contribution is 2.60. The molecule has 5 fully saturated rings. The van der Waals surface area contributed by atoms with Gasteiger partial charge in [0.15, 0.2) is 0 Å². The summed E-state index contributed by atoms with van der Waals surface area (Å²) in [4.78, 5) is 2.50. The van der Waals surface area contributed by atoms with Gasteiger partial charge in [0.05, 0.1) is 0 Å². The third-order valence-electron chi connectivity index (χ3n) is 15.3. The molecule has 6 aromatic carbocycles. The maximum atomic E-state index is 2.50. The zero-order chi connectivity index (χ0) is 37.4. The lowest BCUT2D eigenvalue weighted by Gasteiger charge is -2.54. The van der Waals surface area contributed by atoms with Crippen molar-refractivity contribution in [3.63, 3.8) is 0 Å². The van der Waals surface area contributed by atoms with Crippen LogP contribution >= 0.6 is 0 Å². The van der Waals surface area contributed by atoms with Crippen LogP contribution < -0.4 is 4.90 Å². The first-order chi connectivity index (χ1) is 27.5. The second kappa shape index (κ2) is 13.7. The predicted octanol–water partition coefficient (Wildman–Crippen LogP) is 15.4. The van der Waals surface area contributed by atoms with Crippen molar-refractivity contribution in [1.29, 1.82) is 0 Å². The Morgan fingerprint density at radius 2 is 0.946 bits per heavy atom. The highest BCUT2D eigenvalue weighted by atomic mass is 15.1. The molecule has 0 atom stereocenters. The van der Waals surface area contributed by atoms with E-state index in [4.69, 9.17) is 0 Å². The molecule has 56 heavy (non-hydrogen) atoms. The van der Waals surface area contributed by atoms with Gasteiger partial charge in [-0.3, -0.25) is 0 Å². The van der Waals surface area contributed by atoms with Crippen molar-refractivity contribution < 1.29 is 0 Å². The predicted molar refractivity (Wildman–Crippen MR) is 235 cm³/mol. The summed E-state index contributed by atoms with van der Waals surface area (Å²) < 4.78 is 0. The first kappa shape index (κ1) is 34.4. The van der Waals surface area contributed by atoms with Crippen molar-refractivity contribution >= 4 is 17.1 Å². The first-order valence-corrected chi connectivity index (χ1v) is 21.9. The number of hydrogen-bond donors (Lipinski definition) is 0. The summed E-state index contributed by atoms with van der Waals surface area (Å²) in [6, 6.07) is 53.9. The molecule has 0 spiro atoms. The number of hydrogen-bond acceptors (Lipinski definition) is 1. The monoisotopic (exact) mass is 729 g/mol. The smallest absolute Gasteiger partial charge is 0.0465 e. The summed E-state index contributed by atoms with van der Waals surface area (Å²) in [6.45, 7) is 4.78. The summed E-state index contributed by atoms with van der Waals surface area (Å²) in [5, 5.41) is 0. The molecule has 0 aromatic heterocycles. The molecule has 0 amide bonds. The van der Waals surface area contributed by atoms with Crippen LogP contribution in [0.5, 0.6) is 0 Å².